The number of nitrogens with one attached hydrogen (secondary N) is 2. The van der Waals surface area contributed by atoms with Crippen molar-refractivity contribution < 1.29 is 9.59 Å². The first-order valence-corrected chi connectivity index (χ1v) is 6.04. The van der Waals surface area contributed by atoms with Crippen molar-refractivity contribution in [3.05, 3.63) is 29.8 Å². The van der Waals surface area contributed by atoms with Crippen molar-refractivity contribution in [3.63, 3.8) is 0 Å². The number of nitrogen functional groups attached to an aromatic ring is 1. The molecule has 1 unspecified atom stereocenters. The first-order valence-electron chi connectivity index (χ1n) is 6.04. The zero-order chi connectivity index (χ0) is 13.0. The standard InChI is InChI=1S/C13H17N3O2/c14-11-3-1-9(2-4-11)5-6-15-13(18)10-7-12(17)16-8-10/h1-4,10H,5-8,14H2,(H,15,18)(H,16,17). The Kier molecular flexibility index (Phi) is 3.82. The highest BCUT2D eigenvalue weighted by Gasteiger charge is 2.27. The second kappa shape index (κ2) is 5.53. The zero-order valence-corrected chi connectivity index (χ0v) is 10.1. The molecule has 1 aliphatic rings. The highest BCUT2D eigenvalue weighted by molar-refractivity contribution is 5.89. The summed E-state index contributed by atoms with van der Waals surface area (Å²) in [5.41, 5.74) is 7.45. The Balaban J connectivity index is 1.73. The van der Waals surface area contributed by atoms with Gasteiger partial charge in [-0.25, -0.2) is 0 Å². The number of benzene rings is 1. The molecule has 1 atom stereocenters. The van der Waals surface area contributed by atoms with Crippen molar-refractivity contribution >= 4 is 17.5 Å². The van der Waals surface area contributed by atoms with Crippen molar-refractivity contribution in [2.45, 2.75) is 12.8 Å². The van der Waals surface area contributed by atoms with Crippen LogP contribution in [-0.2, 0) is 16.0 Å². The summed E-state index contributed by atoms with van der Waals surface area (Å²) in [6.07, 6.45) is 1.06. The molecule has 0 aromatic heterocycles. The predicted octanol–water partition coefficient (Wildman–Crippen LogP) is 0.0636. The first kappa shape index (κ1) is 12.4. The summed E-state index contributed by atoms with van der Waals surface area (Å²) in [4.78, 5) is 22.7. The Morgan fingerprint density at radius 2 is 2.11 bits per heavy atom. The molecule has 0 spiro atoms. The fourth-order valence-electron chi connectivity index (χ4n) is 1.95. The molecule has 96 valence electrons. The number of nitrogens with two attached hydrogens (primary N) is 1. The third kappa shape index (κ3) is 3.23. The fourth-order valence-corrected chi connectivity index (χ4v) is 1.95. The maximum Gasteiger partial charge on any atom is 0.225 e. The number of anilines is 1. The van der Waals surface area contributed by atoms with E-state index >= 15 is 0 Å². The smallest absolute Gasteiger partial charge is 0.225 e. The van der Waals surface area contributed by atoms with E-state index in [9.17, 15) is 9.59 Å². The lowest BCUT2D eigenvalue weighted by atomic mass is 10.1. The summed E-state index contributed by atoms with van der Waals surface area (Å²) < 4.78 is 0. The number of hydrogen-bond donors (Lipinski definition) is 3. The molecule has 0 bridgehead atoms. The lowest BCUT2D eigenvalue weighted by molar-refractivity contribution is -0.126. The first-order chi connectivity index (χ1) is 8.65. The van der Waals surface area contributed by atoms with Gasteiger partial charge in [0.2, 0.25) is 11.8 Å². The normalized spacial score (nSPS) is 18.4. The maximum atomic E-state index is 11.7. The monoisotopic (exact) mass is 247 g/mol. The van der Waals surface area contributed by atoms with Crippen molar-refractivity contribution in [2.75, 3.05) is 18.8 Å². The summed E-state index contributed by atoms with van der Waals surface area (Å²) in [5, 5.41) is 5.50. The average Bonchev–Trinajstić information content (AvgIpc) is 2.78. The summed E-state index contributed by atoms with van der Waals surface area (Å²) in [7, 11) is 0. The van der Waals surface area contributed by atoms with Crippen molar-refractivity contribution in [2.24, 2.45) is 5.92 Å². The minimum absolute atomic E-state index is 0.0475. The average molecular weight is 247 g/mol. The summed E-state index contributed by atoms with van der Waals surface area (Å²) in [6, 6.07) is 7.58. The van der Waals surface area contributed by atoms with Crippen LogP contribution in [0.25, 0.3) is 0 Å². The minimum Gasteiger partial charge on any atom is -0.399 e. The third-order valence-corrected chi connectivity index (χ3v) is 3.04. The van der Waals surface area contributed by atoms with Crippen LogP contribution in [0.15, 0.2) is 24.3 Å². The summed E-state index contributed by atoms with van der Waals surface area (Å²) in [6.45, 7) is 1.03. The number of hydrogen-bond acceptors (Lipinski definition) is 3. The zero-order valence-electron chi connectivity index (χ0n) is 10.1. The molecule has 0 aliphatic carbocycles. The van der Waals surface area contributed by atoms with Crippen molar-refractivity contribution in [3.8, 4) is 0 Å². The predicted molar refractivity (Wildman–Crippen MR) is 68.7 cm³/mol. The van der Waals surface area contributed by atoms with Crippen LogP contribution in [0.2, 0.25) is 0 Å². The minimum atomic E-state index is -0.219. The molecular formula is C13H17N3O2. The van der Waals surface area contributed by atoms with Gasteiger partial charge in [0, 0.05) is 25.2 Å². The van der Waals surface area contributed by atoms with Gasteiger partial charge in [0.05, 0.1) is 5.92 Å². The van der Waals surface area contributed by atoms with Crippen molar-refractivity contribution in [1.29, 1.82) is 0 Å². The van der Waals surface area contributed by atoms with Crippen LogP contribution in [0, 0.1) is 5.92 Å². The van der Waals surface area contributed by atoms with Gasteiger partial charge in [-0.05, 0) is 24.1 Å². The Hall–Kier alpha value is -2.04. The molecule has 5 heteroatoms. The van der Waals surface area contributed by atoms with Crippen LogP contribution in [0.1, 0.15) is 12.0 Å². The van der Waals surface area contributed by atoms with E-state index in [1.165, 1.54) is 0 Å². The molecule has 1 aromatic rings. The van der Waals surface area contributed by atoms with Gasteiger partial charge < -0.3 is 16.4 Å². The van der Waals surface area contributed by atoms with E-state index in [0.717, 1.165) is 17.7 Å². The number of carbonyl (C=O) groups is 2. The Morgan fingerprint density at radius 3 is 2.72 bits per heavy atom. The maximum absolute atomic E-state index is 11.7. The van der Waals surface area contributed by atoms with Gasteiger partial charge in [0.1, 0.15) is 0 Å². The van der Waals surface area contributed by atoms with Crippen LogP contribution in [-0.4, -0.2) is 24.9 Å². The van der Waals surface area contributed by atoms with E-state index in [4.69, 9.17) is 5.73 Å². The molecule has 1 fully saturated rings. The van der Waals surface area contributed by atoms with Crippen LogP contribution in [0.4, 0.5) is 5.69 Å². The van der Waals surface area contributed by atoms with E-state index in [2.05, 4.69) is 10.6 Å². The SMILES string of the molecule is Nc1ccc(CCNC(=O)C2CNC(=O)C2)cc1. The molecule has 1 aliphatic heterocycles. The van der Waals surface area contributed by atoms with Crippen LogP contribution in [0.3, 0.4) is 0 Å². The second-order valence-electron chi connectivity index (χ2n) is 4.49. The lowest BCUT2D eigenvalue weighted by Crippen LogP contribution is -2.33. The molecule has 5 nitrogen and oxygen atoms in total. The summed E-state index contributed by atoms with van der Waals surface area (Å²) in [5.74, 6) is -0.318. The molecule has 1 heterocycles. The van der Waals surface area contributed by atoms with Gasteiger partial charge in [-0.3, -0.25) is 9.59 Å². The van der Waals surface area contributed by atoms with Gasteiger partial charge in [0.25, 0.3) is 0 Å². The molecule has 0 radical (unpaired) electrons. The topological polar surface area (TPSA) is 84.2 Å². The number of carbonyl (C=O) groups excluding carboxylic acids is 2. The molecule has 4 N–H and O–H groups in total. The molecular weight excluding hydrogens is 230 g/mol. The van der Waals surface area contributed by atoms with E-state index in [1.807, 2.05) is 24.3 Å². The number of amides is 2. The Bertz CT molecular complexity index is 442. The molecule has 2 amide bonds. The van der Waals surface area contributed by atoms with E-state index in [1.54, 1.807) is 0 Å². The van der Waals surface area contributed by atoms with Gasteiger partial charge >= 0.3 is 0 Å². The second-order valence-corrected chi connectivity index (χ2v) is 4.49. The molecule has 18 heavy (non-hydrogen) atoms. The quantitative estimate of drug-likeness (QED) is 0.658. The molecule has 0 saturated carbocycles. The van der Waals surface area contributed by atoms with E-state index < -0.39 is 0 Å². The summed E-state index contributed by atoms with van der Waals surface area (Å²) >= 11 is 0. The van der Waals surface area contributed by atoms with Crippen LogP contribution < -0.4 is 16.4 Å². The fraction of sp³-hybridized carbons (Fsp3) is 0.385. The van der Waals surface area contributed by atoms with Gasteiger partial charge in [-0.2, -0.15) is 0 Å². The highest BCUT2D eigenvalue weighted by atomic mass is 16.2. The van der Waals surface area contributed by atoms with E-state index in [-0.39, 0.29) is 17.7 Å². The van der Waals surface area contributed by atoms with Crippen molar-refractivity contribution in [1.82, 2.24) is 10.6 Å². The molecule has 1 aromatic carbocycles. The third-order valence-electron chi connectivity index (χ3n) is 3.04. The van der Waals surface area contributed by atoms with Crippen LogP contribution >= 0.6 is 0 Å². The Labute approximate surface area is 106 Å². The highest BCUT2D eigenvalue weighted by Crippen LogP contribution is 2.09. The molecule has 2 rings (SSSR count). The largest absolute Gasteiger partial charge is 0.399 e. The van der Waals surface area contributed by atoms with Gasteiger partial charge in [-0.15, -0.1) is 0 Å². The van der Waals surface area contributed by atoms with Gasteiger partial charge in [-0.1, -0.05) is 12.1 Å². The lowest BCUT2D eigenvalue weighted by Gasteiger charge is -2.09. The molecule has 1 saturated heterocycles. The Morgan fingerprint density at radius 1 is 1.39 bits per heavy atom. The number of rotatable bonds is 4. The van der Waals surface area contributed by atoms with Crippen LogP contribution in [0.5, 0.6) is 0 Å². The van der Waals surface area contributed by atoms with Gasteiger partial charge in [0.15, 0.2) is 0 Å². The van der Waals surface area contributed by atoms with E-state index in [0.29, 0.717) is 19.5 Å².